The quantitative estimate of drug-likeness (QED) is 0.534. The van der Waals surface area contributed by atoms with Crippen LogP contribution in [0.1, 0.15) is 15.4 Å². The summed E-state index contributed by atoms with van der Waals surface area (Å²) < 4.78 is 1.85. The highest BCUT2D eigenvalue weighted by Crippen LogP contribution is 2.31. The van der Waals surface area contributed by atoms with E-state index >= 15 is 0 Å². The number of nitrogens with zero attached hydrogens (tertiary/aromatic N) is 2. The van der Waals surface area contributed by atoms with Gasteiger partial charge in [0.25, 0.3) is 5.91 Å². The number of halogens is 1. The van der Waals surface area contributed by atoms with Gasteiger partial charge in [-0.3, -0.25) is 4.79 Å². The fraction of sp³-hybridized carbons (Fsp3) is 0.0526. The summed E-state index contributed by atoms with van der Waals surface area (Å²) in [7, 11) is 0. The van der Waals surface area contributed by atoms with Crippen molar-refractivity contribution in [3.63, 3.8) is 0 Å². The number of carbonyl (C=O) groups is 1. The molecule has 0 radical (unpaired) electrons. The Morgan fingerprint density at radius 1 is 1.12 bits per heavy atom. The van der Waals surface area contributed by atoms with Crippen LogP contribution in [0.4, 0.5) is 5.69 Å². The summed E-state index contributed by atoms with van der Waals surface area (Å²) in [5, 5.41) is 9.17. The zero-order valence-electron chi connectivity index (χ0n) is 13.4. The molecule has 4 aromatic rings. The lowest BCUT2D eigenvalue weighted by Crippen LogP contribution is -2.09. The van der Waals surface area contributed by atoms with Gasteiger partial charge in [0.05, 0.1) is 16.3 Å². The highest BCUT2D eigenvalue weighted by Gasteiger charge is 2.17. The van der Waals surface area contributed by atoms with Crippen LogP contribution < -0.4 is 5.32 Å². The highest BCUT2D eigenvalue weighted by molar-refractivity contribution is 7.20. The number of aromatic nitrogens is 2. The van der Waals surface area contributed by atoms with Crippen LogP contribution in [-0.2, 0) is 0 Å². The van der Waals surface area contributed by atoms with Crippen LogP contribution in [0.25, 0.3) is 15.9 Å². The lowest BCUT2D eigenvalue weighted by Gasteiger charge is -2.03. The number of amides is 1. The molecule has 0 aliphatic rings. The van der Waals surface area contributed by atoms with Gasteiger partial charge in [-0.25, -0.2) is 4.68 Å². The molecule has 1 N–H and O–H groups in total. The van der Waals surface area contributed by atoms with E-state index in [1.807, 2.05) is 72.3 Å². The molecule has 0 saturated carbocycles. The Morgan fingerprint density at radius 2 is 1.84 bits per heavy atom. The number of hydrogen-bond donors (Lipinski definition) is 1. The van der Waals surface area contributed by atoms with E-state index in [0.29, 0.717) is 9.90 Å². The van der Waals surface area contributed by atoms with Gasteiger partial charge in [0.15, 0.2) is 0 Å². The third kappa shape index (κ3) is 3.04. The van der Waals surface area contributed by atoms with Crippen molar-refractivity contribution in [3.05, 3.63) is 76.3 Å². The third-order valence-corrected chi connectivity index (χ3v) is 5.23. The number of carbonyl (C=O) groups excluding carboxylic acids is 1. The van der Waals surface area contributed by atoms with E-state index in [2.05, 4.69) is 10.4 Å². The van der Waals surface area contributed by atoms with E-state index < -0.39 is 0 Å². The van der Waals surface area contributed by atoms with Gasteiger partial charge in [-0.2, -0.15) is 5.10 Å². The second-order valence-electron chi connectivity index (χ2n) is 5.62. The van der Waals surface area contributed by atoms with Crippen molar-refractivity contribution in [2.24, 2.45) is 0 Å². The Balaban J connectivity index is 1.72. The first-order valence-corrected chi connectivity index (χ1v) is 8.93. The Bertz CT molecular complexity index is 1050. The standard InChI is InChI=1S/C19H14ClN3OS/c1-12-16-11-17(18(24)21-14-5-3-2-4-6-14)25-19(16)23(22-12)15-9-7-13(20)8-10-15/h2-11H,1H3,(H,21,24). The molecule has 1 amide bonds. The molecule has 0 unspecified atom stereocenters. The molecule has 25 heavy (non-hydrogen) atoms. The number of nitrogens with one attached hydrogen (secondary N) is 1. The van der Waals surface area contributed by atoms with Crippen molar-refractivity contribution in [3.8, 4) is 5.69 Å². The van der Waals surface area contributed by atoms with Gasteiger partial charge in [-0.15, -0.1) is 11.3 Å². The summed E-state index contributed by atoms with van der Waals surface area (Å²) >= 11 is 7.39. The van der Waals surface area contributed by atoms with E-state index in [-0.39, 0.29) is 5.91 Å². The predicted octanol–water partition coefficient (Wildman–Crippen LogP) is 5.30. The molecule has 124 valence electrons. The number of benzene rings is 2. The lowest BCUT2D eigenvalue weighted by atomic mass is 10.3. The average molecular weight is 368 g/mol. The first-order valence-electron chi connectivity index (χ1n) is 7.73. The first-order chi connectivity index (χ1) is 12.1. The fourth-order valence-corrected chi connectivity index (χ4v) is 3.83. The topological polar surface area (TPSA) is 46.9 Å². The van der Waals surface area contributed by atoms with Gasteiger partial charge < -0.3 is 5.32 Å². The van der Waals surface area contributed by atoms with Crippen LogP contribution in [0.5, 0.6) is 0 Å². The fourth-order valence-electron chi connectivity index (χ4n) is 2.63. The zero-order valence-corrected chi connectivity index (χ0v) is 14.9. The van der Waals surface area contributed by atoms with Crippen molar-refractivity contribution >= 4 is 44.7 Å². The largest absolute Gasteiger partial charge is 0.321 e. The molecule has 6 heteroatoms. The number of thiophene rings is 1. The lowest BCUT2D eigenvalue weighted by molar-refractivity contribution is 0.103. The van der Waals surface area contributed by atoms with Crippen LogP contribution >= 0.6 is 22.9 Å². The highest BCUT2D eigenvalue weighted by atomic mass is 35.5. The minimum absolute atomic E-state index is 0.116. The van der Waals surface area contributed by atoms with E-state index in [4.69, 9.17) is 11.6 Å². The van der Waals surface area contributed by atoms with E-state index in [9.17, 15) is 4.79 Å². The number of aryl methyl sites for hydroxylation is 1. The Kier molecular flexibility index (Phi) is 4.03. The second-order valence-corrected chi connectivity index (χ2v) is 7.09. The molecule has 4 rings (SSSR count). The van der Waals surface area contributed by atoms with Crippen molar-refractivity contribution < 1.29 is 4.79 Å². The van der Waals surface area contributed by atoms with Gasteiger partial charge in [-0.05, 0) is 49.4 Å². The smallest absolute Gasteiger partial charge is 0.265 e. The number of para-hydroxylation sites is 1. The maximum atomic E-state index is 12.5. The van der Waals surface area contributed by atoms with Gasteiger partial charge in [0, 0.05) is 16.1 Å². The summed E-state index contributed by atoms with van der Waals surface area (Å²) in [4.78, 5) is 14.1. The second kappa shape index (κ2) is 6.35. The van der Waals surface area contributed by atoms with Crippen molar-refractivity contribution in [1.29, 1.82) is 0 Å². The van der Waals surface area contributed by atoms with Crippen molar-refractivity contribution in [2.45, 2.75) is 6.92 Å². The molecular formula is C19H14ClN3OS. The minimum atomic E-state index is -0.116. The van der Waals surface area contributed by atoms with E-state index in [0.717, 1.165) is 27.3 Å². The summed E-state index contributed by atoms with van der Waals surface area (Å²) in [5.74, 6) is -0.116. The summed E-state index contributed by atoms with van der Waals surface area (Å²) in [5.41, 5.74) is 2.58. The number of rotatable bonds is 3. The minimum Gasteiger partial charge on any atom is -0.321 e. The van der Waals surface area contributed by atoms with Gasteiger partial charge in [-0.1, -0.05) is 29.8 Å². The average Bonchev–Trinajstić information content (AvgIpc) is 3.18. The number of fused-ring (bicyclic) bond motifs is 1. The third-order valence-electron chi connectivity index (χ3n) is 3.87. The molecule has 0 atom stereocenters. The maximum absolute atomic E-state index is 12.5. The molecule has 0 bridgehead atoms. The van der Waals surface area contributed by atoms with Crippen LogP contribution in [0, 0.1) is 6.92 Å². The van der Waals surface area contributed by atoms with Gasteiger partial charge in [0.1, 0.15) is 4.83 Å². The molecule has 2 heterocycles. The summed E-state index contributed by atoms with van der Waals surface area (Å²) in [6, 6.07) is 18.8. The van der Waals surface area contributed by atoms with Crippen LogP contribution in [-0.4, -0.2) is 15.7 Å². The van der Waals surface area contributed by atoms with E-state index in [1.54, 1.807) is 0 Å². The molecule has 2 aromatic carbocycles. The maximum Gasteiger partial charge on any atom is 0.265 e. The molecular weight excluding hydrogens is 354 g/mol. The molecule has 2 aromatic heterocycles. The Morgan fingerprint density at radius 3 is 2.56 bits per heavy atom. The van der Waals surface area contributed by atoms with Crippen LogP contribution in [0.3, 0.4) is 0 Å². The summed E-state index contributed by atoms with van der Waals surface area (Å²) in [6.45, 7) is 1.94. The predicted molar refractivity (Wildman–Crippen MR) is 103 cm³/mol. The SMILES string of the molecule is Cc1nn(-c2ccc(Cl)cc2)c2sc(C(=O)Nc3ccccc3)cc12. The van der Waals surface area contributed by atoms with Gasteiger partial charge >= 0.3 is 0 Å². The van der Waals surface area contributed by atoms with Gasteiger partial charge in [0.2, 0.25) is 0 Å². The first kappa shape index (κ1) is 15.9. The molecule has 4 nitrogen and oxygen atoms in total. The number of hydrogen-bond acceptors (Lipinski definition) is 3. The molecule has 0 aliphatic carbocycles. The normalized spacial score (nSPS) is 11.0. The zero-order chi connectivity index (χ0) is 17.4. The molecule has 0 fully saturated rings. The molecule has 0 saturated heterocycles. The molecule has 0 aliphatic heterocycles. The Hall–Kier alpha value is -2.63. The summed E-state index contributed by atoms with van der Waals surface area (Å²) in [6.07, 6.45) is 0. The van der Waals surface area contributed by atoms with Crippen LogP contribution in [0.15, 0.2) is 60.7 Å². The van der Waals surface area contributed by atoms with E-state index in [1.165, 1.54) is 11.3 Å². The number of anilines is 1. The van der Waals surface area contributed by atoms with Crippen LogP contribution in [0.2, 0.25) is 5.02 Å². The molecule has 0 spiro atoms. The monoisotopic (exact) mass is 367 g/mol. The van der Waals surface area contributed by atoms with Crippen molar-refractivity contribution in [1.82, 2.24) is 9.78 Å². The Labute approximate surface area is 153 Å². The van der Waals surface area contributed by atoms with Crippen molar-refractivity contribution in [2.75, 3.05) is 5.32 Å².